The Labute approximate surface area is 90.2 Å². The van der Waals surface area contributed by atoms with Crippen LogP contribution in [0, 0.1) is 12.7 Å². The van der Waals surface area contributed by atoms with Crippen LogP contribution < -0.4 is 10.5 Å². The highest BCUT2D eigenvalue weighted by atomic mass is 19.1. The van der Waals surface area contributed by atoms with Crippen molar-refractivity contribution >= 4 is 0 Å². The summed E-state index contributed by atoms with van der Waals surface area (Å²) in [4.78, 5) is 0. The zero-order valence-corrected chi connectivity index (χ0v) is 9.35. The van der Waals surface area contributed by atoms with Crippen LogP contribution in [0.5, 0.6) is 5.75 Å². The van der Waals surface area contributed by atoms with Crippen LogP contribution in [-0.4, -0.2) is 13.2 Å². The molecule has 1 rings (SSSR count). The Morgan fingerprint density at radius 2 is 2.13 bits per heavy atom. The molecule has 3 heteroatoms. The zero-order valence-electron chi connectivity index (χ0n) is 9.35. The number of nitrogens with two attached hydrogens (primary N) is 1. The molecule has 1 aromatic carbocycles. The van der Waals surface area contributed by atoms with Crippen molar-refractivity contribution in [1.29, 1.82) is 0 Å². The molecule has 0 bridgehead atoms. The van der Waals surface area contributed by atoms with E-state index in [2.05, 4.69) is 0 Å². The van der Waals surface area contributed by atoms with Crippen molar-refractivity contribution in [2.75, 3.05) is 13.2 Å². The van der Waals surface area contributed by atoms with Crippen LogP contribution in [0.25, 0.3) is 0 Å². The van der Waals surface area contributed by atoms with Crippen LogP contribution in [0.15, 0.2) is 12.1 Å². The average molecular weight is 211 g/mol. The molecular weight excluding hydrogens is 193 g/mol. The Morgan fingerprint density at radius 1 is 1.40 bits per heavy atom. The van der Waals surface area contributed by atoms with E-state index in [1.165, 1.54) is 12.1 Å². The molecule has 0 heterocycles. The van der Waals surface area contributed by atoms with E-state index in [9.17, 15) is 4.39 Å². The predicted molar refractivity (Wildman–Crippen MR) is 59.7 cm³/mol. The summed E-state index contributed by atoms with van der Waals surface area (Å²) in [6.45, 7) is 5.06. The van der Waals surface area contributed by atoms with Gasteiger partial charge in [-0.1, -0.05) is 6.92 Å². The minimum absolute atomic E-state index is 0.222. The van der Waals surface area contributed by atoms with Gasteiger partial charge in [0.1, 0.15) is 11.6 Å². The van der Waals surface area contributed by atoms with Crippen molar-refractivity contribution < 1.29 is 9.13 Å². The predicted octanol–water partition coefficient (Wildman–Crippen LogP) is 2.42. The molecule has 0 spiro atoms. The van der Waals surface area contributed by atoms with E-state index in [1.54, 1.807) is 0 Å². The molecule has 2 nitrogen and oxygen atoms in total. The Balaban J connectivity index is 2.97. The van der Waals surface area contributed by atoms with Crippen molar-refractivity contribution in [3.05, 3.63) is 29.1 Å². The van der Waals surface area contributed by atoms with Crippen molar-refractivity contribution in [1.82, 2.24) is 0 Å². The van der Waals surface area contributed by atoms with Crippen LogP contribution in [0.4, 0.5) is 4.39 Å². The van der Waals surface area contributed by atoms with Gasteiger partial charge in [-0.15, -0.1) is 0 Å². The van der Waals surface area contributed by atoms with Gasteiger partial charge in [-0.05, 0) is 49.6 Å². The second-order valence-electron chi connectivity index (χ2n) is 3.60. The van der Waals surface area contributed by atoms with Crippen molar-refractivity contribution in [2.45, 2.75) is 26.7 Å². The van der Waals surface area contributed by atoms with E-state index in [1.807, 2.05) is 13.8 Å². The van der Waals surface area contributed by atoms with Gasteiger partial charge in [-0.25, -0.2) is 4.39 Å². The number of ether oxygens (including phenoxy) is 1. The first-order chi connectivity index (χ1) is 7.19. The average Bonchev–Trinajstić information content (AvgIpc) is 2.17. The van der Waals surface area contributed by atoms with Crippen LogP contribution in [0.2, 0.25) is 0 Å². The summed E-state index contributed by atoms with van der Waals surface area (Å²) < 4.78 is 18.8. The molecule has 0 saturated carbocycles. The molecule has 2 N–H and O–H groups in total. The van der Waals surface area contributed by atoms with E-state index in [-0.39, 0.29) is 5.82 Å². The molecule has 0 saturated heterocycles. The van der Waals surface area contributed by atoms with Crippen molar-refractivity contribution in [3.8, 4) is 5.75 Å². The first-order valence-electron chi connectivity index (χ1n) is 5.31. The third-order valence-corrected chi connectivity index (χ3v) is 2.18. The van der Waals surface area contributed by atoms with Gasteiger partial charge in [0.25, 0.3) is 0 Å². The van der Waals surface area contributed by atoms with Gasteiger partial charge >= 0.3 is 0 Å². The Morgan fingerprint density at radius 3 is 2.73 bits per heavy atom. The number of benzene rings is 1. The van der Waals surface area contributed by atoms with Gasteiger partial charge in [-0.3, -0.25) is 0 Å². The molecule has 0 atom stereocenters. The number of halogens is 1. The SMILES string of the molecule is CCCOc1c(C)cc(F)cc1CCN. The van der Waals surface area contributed by atoms with Gasteiger partial charge in [0.05, 0.1) is 6.61 Å². The molecule has 0 aliphatic carbocycles. The minimum atomic E-state index is -0.222. The maximum atomic E-state index is 13.2. The Bertz CT molecular complexity index is 326. The fraction of sp³-hybridized carbons (Fsp3) is 0.500. The molecular formula is C12H18FNO. The van der Waals surface area contributed by atoms with Gasteiger partial charge in [0.2, 0.25) is 0 Å². The lowest BCUT2D eigenvalue weighted by Crippen LogP contribution is -2.07. The second-order valence-corrected chi connectivity index (χ2v) is 3.60. The number of aryl methyl sites for hydroxylation is 1. The quantitative estimate of drug-likeness (QED) is 0.811. The van der Waals surface area contributed by atoms with Crippen LogP contribution in [0.3, 0.4) is 0 Å². The first-order valence-corrected chi connectivity index (χ1v) is 5.31. The Hall–Kier alpha value is -1.09. The van der Waals surface area contributed by atoms with E-state index in [0.29, 0.717) is 19.6 Å². The molecule has 0 unspecified atom stereocenters. The van der Waals surface area contributed by atoms with Crippen molar-refractivity contribution in [2.24, 2.45) is 5.73 Å². The van der Waals surface area contributed by atoms with Crippen LogP contribution in [0.1, 0.15) is 24.5 Å². The fourth-order valence-electron chi connectivity index (χ4n) is 1.55. The van der Waals surface area contributed by atoms with Crippen LogP contribution in [-0.2, 0) is 6.42 Å². The monoisotopic (exact) mass is 211 g/mol. The summed E-state index contributed by atoms with van der Waals surface area (Å²) in [6.07, 6.45) is 1.59. The third-order valence-electron chi connectivity index (χ3n) is 2.18. The van der Waals surface area contributed by atoms with Gasteiger partial charge in [0, 0.05) is 0 Å². The van der Waals surface area contributed by atoms with Gasteiger partial charge in [0.15, 0.2) is 0 Å². The summed E-state index contributed by atoms with van der Waals surface area (Å²) in [7, 11) is 0. The highest BCUT2D eigenvalue weighted by Crippen LogP contribution is 2.25. The zero-order chi connectivity index (χ0) is 11.3. The molecule has 0 amide bonds. The largest absolute Gasteiger partial charge is 0.493 e. The summed E-state index contributed by atoms with van der Waals surface area (Å²) in [5.41, 5.74) is 7.18. The van der Waals surface area contributed by atoms with E-state index >= 15 is 0 Å². The number of hydrogen-bond acceptors (Lipinski definition) is 2. The fourth-order valence-corrected chi connectivity index (χ4v) is 1.55. The van der Waals surface area contributed by atoms with Crippen LogP contribution >= 0.6 is 0 Å². The standard InChI is InChI=1S/C12H18FNO/c1-3-6-15-12-9(2)7-11(13)8-10(12)4-5-14/h7-8H,3-6,14H2,1-2H3. The molecule has 15 heavy (non-hydrogen) atoms. The lowest BCUT2D eigenvalue weighted by atomic mass is 10.1. The highest BCUT2D eigenvalue weighted by molar-refractivity contribution is 5.41. The molecule has 0 fully saturated rings. The van der Waals surface area contributed by atoms with Gasteiger partial charge < -0.3 is 10.5 Å². The molecule has 0 aromatic heterocycles. The third kappa shape index (κ3) is 3.20. The van der Waals surface area contributed by atoms with Crippen molar-refractivity contribution in [3.63, 3.8) is 0 Å². The normalized spacial score (nSPS) is 10.4. The maximum absolute atomic E-state index is 13.2. The van der Waals surface area contributed by atoms with E-state index in [4.69, 9.17) is 10.5 Å². The van der Waals surface area contributed by atoms with Gasteiger partial charge in [-0.2, -0.15) is 0 Å². The summed E-state index contributed by atoms with van der Waals surface area (Å²) in [5, 5.41) is 0. The topological polar surface area (TPSA) is 35.2 Å². The second kappa shape index (κ2) is 5.71. The lowest BCUT2D eigenvalue weighted by molar-refractivity contribution is 0.311. The molecule has 0 aliphatic heterocycles. The first kappa shape index (κ1) is 12.0. The maximum Gasteiger partial charge on any atom is 0.125 e. The lowest BCUT2D eigenvalue weighted by Gasteiger charge is -2.13. The molecule has 0 aliphatic rings. The summed E-state index contributed by atoms with van der Waals surface area (Å²) >= 11 is 0. The number of rotatable bonds is 5. The molecule has 1 aromatic rings. The van der Waals surface area contributed by atoms with E-state index in [0.717, 1.165) is 23.3 Å². The molecule has 0 radical (unpaired) electrons. The summed E-state index contributed by atoms with van der Waals surface area (Å²) in [5.74, 6) is 0.573. The summed E-state index contributed by atoms with van der Waals surface area (Å²) in [6, 6.07) is 3.00. The minimum Gasteiger partial charge on any atom is -0.493 e. The molecule has 84 valence electrons. The highest BCUT2D eigenvalue weighted by Gasteiger charge is 2.08. The van der Waals surface area contributed by atoms with E-state index < -0.39 is 0 Å². The number of hydrogen-bond donors (Lipinski definition) is 1. The Kier molecular flexibility index (Phi) is 4.56. The smallest absolute Gasteiger partial charge is 0.125 e.